The Morgan fingerprint density at radius 1 is 0.545 bits per heavy atom. The standard InChI is InChI=1S/2C21H28O5S.Ca/c2*1-2-3-4-5-6-7-8-10-17-13-14-20(16-21(17)27(23,24)25)26-19-12-9-11-18(22)15-19;/h2*9,11-16,22H,2-8,10H2,1H3,(H,23,24,25);/q;;+2/p-2. The first-order valence-corrected chi connectivity index (χ1v) is 21.8. The molecule has 4 rings (SSSR count). The Kier molecular flexibility index (Phi) is 22.3. The molecule has 0 saturated heterocycles. The summed E-state index contributed by atoms with van der Waals surface area (Å²) in [5.41, 5.74) is 1.11. The van der Waals surface area contributed by atoms with Crippen LogP contribution in [0.5, 0.6) is 34.5 Å². The Labute approximate surface area is 357 Å². The molecule has 0 spiro atoms. The zero-order chi connectivity index (χ0) is 39.4. The number of hydrogen-bond donors (Lipinski definition) is 2. The van der Waals surface area contributed by atoms with Gasteiger partial charge < -0.3 is 24.2 Å². The Balaban J connectivity index is 0.000000373. The molecule has 0 atom stereocenters. The van der Waals surface area contributed by atoms with Crippen molar-refractivity contribution in [2.45, 2.75) is 126 Å². The van der Waals surface area contributed by atoms with E-state index in [1.165, 1.54) is 87.8 Å². The molecule has 13 heteroatoms. The van der Waals surface area contributed by atoms with Crippen molar-refractivity contribution in [3.05, 3.63) is 96.1 Å². The number of rotatable bonds is 22. The maximum Gasteiger partial charge on any atom is 2.00 e. The zero-order valence-corrected chi connectivity index (χ0v) is 35.9. The van der Waals surface area contributed by atoms with E-state index >= 15 is 0 Å². The minimum atomic E-state index is -4.60. The quantitative estimate of drug-likeness (QED) is 0.0441. The van der Waals surface area contributed by atoms with Gasteiger partial charge in [0.15, 0.2) is 0 Å². The Morgan fingerprint density at radius 2 is 0.964 bits per heavy atom. The molecule has 0 radical (unpaired) electrons. The molecule has 0 saturated carbocycles. The van der Waals surface area contributed by atoms with Gasteiger partial charge in [-0.1, -0.05) is 121 Å². The fourth-order valence-corrected chi connectivity index (χ4v) is 7.50. The predicted molar refractivity (Wildman–Crippen MR) is 214 cm³/mol. The van der Waals surface area contributed by atoms with Crippen LogP contribution in [0.15, 0.2) is 94.7 Å². The van der Waals surface area contributed by atoms with E-state index < -0.39 is 20.2 Å². The number of benzene rings is 4. The summed E-state index contributed by atoms with van der Waals surface area (Å²) in [5.74, 6) is 1.04. The van der Waals surface area contributed by atoms with E-state index in [0.29, 0.717) is 35.5 Å². The van der Waals surface area contributed by atoms with Gasteiger partial charge in [0.1, 0.15) is 43.8 Å². The van der Waals surface area contributed by atoms with E-state index in [-0.39, 0.29) is 70.5 Å². The van der Waals surface area contributed by atoms with Gasteiger partial charge in [-0.25, -0.2) is 8.42 Å². The average molecular weight is 823 g/mol. The van der Waals surface area contributed by atoms with Gasteiger partial charge in [-0.15, -0.1) is 5.75 Å². The van der Waals surface area contributed by atoms with Crippen molar-refractivity contribution in [2.24, 2.45) is 0 Å². The number of ether oxygens (including phenoxy) is 2. The van der Waals surface area contributed by atoms with Crippen LogP contribution >= 0.6 is 0 Å². The predicted octanol–water partition coefficient (Wildman–Crippen LogP) is 10.1. The van der Waals surface area contributed by atoms with Gasteiger partial charge >= 0.3 is 37.7 Å². The fraction of sp³-hybridized carbons (Fsp3) is 0.429. The zero-order valence-electron chi connectivity index (χ0n) is 32.1. The Morgan fingerprint density at radius 3 is 1.42 bits per heavy atom. The minimum absolute atomic E-state index is 0. The van der Waals surface area contributed by atoms with Gasteiger partial charge in [0.05, 0.1) is 4.90 Å². The maximum atomic E-state index is 11.8. The van der Waals surface area contributed by atoms with Gasteiger partial charge in [0, 0.05) is 12.1 Å². The summed E-state index contributed by atoms with van der Waals surface area (Å²) in [6.07, 6.45) is 16.9. The van der Waals surface area contributed by atoms with Crippen LogP contribution in [-0.2, 0) is 33.1 Å². The van der Waals surface area contributed by atoms with Gasteiger partial charge in [0.2, 0.25) is 0 Å². The Bertz CT molecular complexity index is 1810. The normalized spacial score (nSPS) is 11.3. The molecule has 0 heterocycles. The third-order valence-corrected chi connectivity index (χ3v) is 10.7. The summed E-state index contributed by atoms with van der Waals surface area (Å²) in [6, 6.07) is 21.3. The molecule has 296 valence electrons. The topological polar surface area (TPSA) is 173 Å². The second kappa shape index (κ2) is 25.4. The molecule has 0 aliphatic heterocycles. The van der Waals surface area contributed by atoms with E-state index in [2.05, 4.69) is 13.8 Å². The van der Waals surface area contributed by atoms with Gasteiger partial charge in [-0.05, 0) is 79.3 Å². The number of phenolic OH excluding ortho intramolecular Hbond substituents is 1. The first-order valence-electron chi connectivity index (χ1n) is 18.9. The molecule has 0 aromatic heterocycles. The molecular formula is C42H54CaO10S2. The van der Waals surface area contributed by atoms with E-state index in [1.54, 1.807) is 48.5 Å². The monoisotopic (exact) mass is 822 g/mol. The van der Waals surface area contributed by atoms with E-state index in [0.717, 1.165) is 38.5 Å². The molecule has 0 fully saturated rings. The molecule has 0 unspecified atom stereocenters. The number of unbranched alkanes of at least 4 members (excludes halogenated alkanes) is 12. The summed E-state index contributed by atoms with van der Waals surface area (Å²) in [5, 5.41) is 20.9. The summed E-state index contributed by atoms with van der Waals surface area (Å²) >= 11 is 0. The number of hydrogen-bond acceptors (Lipinski definition) is 9. The average Bonchev–Trinajstić information content (AvgIpc) is 3.11. The molecule has 55 heavy (non-hydrogen) atoms. The second-order valence-electron chi connectivity index (χ2n) is 13.4. The Hall–Kier alpha value is -2.84. The fourth-order valence-electron chi connectivity index (χ4n) is 5.98. The van der Waals surface area contributed by atoms with Crippen LogP contribution in [0.2, 0.25) is 0 Å². The van der Waals surface area contributed by atoms with Gasteiger partial charge in [-0.2, -0.15) is 8.42 Å². The van der Waals surface area contributed by atoms with Crippen molar-refractivity contribution < 1.29 is 45.6 Å². The number of aryl methyl sites for hydroxylation is 2. The van der Waals surface area contributed by atoms with Crippen LogP contribution in [-0.4, -0.2) is 68.8 Å². The van der Waals surface area contributed by atoms with Crippen molar-refractivity contribution in [3.8, 4) is 34.5 Å². The third-order valence-electron chi connectivity index (χ3n) is 8.82. The van der Waals surface area contributed by atoms with Crippen molar-refractivity contribution in [1.82, 2.24) is 0 Å². The molecule has 0 aliphatic rings. The molecule has 2 N–H and O–H groups in total. The smallest absolute Gasteiger partial charge is 0.872 e. The molecule has 4 aromatic carbocycles. The minimum Gasteiger partial charge on any atom is -0.872 e. The SMILES string of the molecule is CCCCCCCCCc1ccc(Oc2cccc(O)c2)cc1S(=O)(=O)O.CCCCCCCCCc1ccc(Oc2cccc([O-])c2)cc1S(=O)(=O)[O-].[Ca+2]. The van der Waals surface area contributed by atoms with Crippen LogP contribution in [0.3, 0.4) is 0 Å². The van der Waals surface area contributed by atoms with Crippen molar-refractivity contribution in [1.29, 1.82) is 0 Å². The van der Waals surface area contributed by atoms with E-state index in [1.807, 2.05) is 0 Å². The number of phenols is 1. The molecular weight excluding hydrogens is 769 g/mol. The second-order valence-corrected chi connectivity index (χ2v) is 16.1. The van der Waals surface area contributed by atoms with Crippen LogP contribution in [0.4, 0.5) is 0 Å². The molecule has 0 amide bonds. The van der Waals surface area contributed by atoms with Crippen LogP contribution < -0.4 is 14.6 Å². The summed E-state index contributed by atoms with van der Waals surface area (Å²) < 4.78 is 79.2. The molecule has 4 aromatic rings. The first-order chi connectivity index (χ1) is 25.8. The van der Waals surface area contributed by atoms with Gasteiger partial charge in [-0.3, -0.25) is 4.55 Å². The van der Waals surface area contributed by atoms with Gasteiger partial charge in [0.25, 0.3) is 10.1 Å². The molecule has 10 nitrogen and oxygen atoms in total. The van der Waals surface area contributed by atoms with Crippen molar-refractivity contribution in [2.75, 3.05) is 0 Å². The summed E-state index contributed by atoms with van der Waals surface area (Å²) in [7, 11) is -8.94. The summed E-state index contributed by atoms with van der Waals surface area (Å²) in [4.78, 5) is -0.365. The van der Waals surface area contributed by atoms with Crippen molar-refractivity contribution in [3.63, 3.8) is 0 Å². The van der Waals surface area contributed by atoms with Crippen molar-refractivity contribution >= 4 is 58.0 Å². The van der Waals surface area contributed by atoms with Crippen LogP contribution in [0.1, 0.15) is 115 Å². The first kappa shape index (κ1) is 48.3. The van der Waals surface area contributed by atoms with Crippen LogP contribution in [0.25, 0.3) is 0 Å². The maximum absolute atomic E-state index is 11.8. The van der Waals surface area contributed by atoms with E-state index in [9.17, 15) is 36.2 Å². The summed E-state index contributed by atoms with van der Waals surface area (Å²) in [6.45, 7) is 4.36. The van der Waals surface area contributed by atoms with Crippen LogP contribution in [0, 0.1) is 0 Å². The largest absolute Gasteiger partial charge is 2.00 e. The molecule has 0 aliphatic carbocycles. The third kappa shape index (κ3) is 18.8. The van der Waals surface area contributed by atoms with E-state index in [4.69, 9.17) is 9.47 Å². The molecule has 0 bridgehead atoms. The number of aromatic hydroxyl groups is 1.